The van der Waals surface area contributed by atoms with E-state index in [-0.39, 0.29) is 0 Å². The first kappa shape index (κ1) is 15.3. The molecule has 2 aliphatic rings. The average molecular weight is 330 g/mol. The number of piperidine rings is 1. The molecule has 1 saturated carbocycles. The lowest BCUT2D eigenvalue weighted by atomic mass is 9.86. The molecule has 2 nitrogen and oxygen atoms in total. The van der Waals surface area contributed by atoms with Crippen molar-refractivity contribution in [3.8, 4) is 0 Å². The van der Waals surface area contributed by atoms with E-state index >= 15 is 0 Å². The summed E-state index contributed by atoms with van der Waals surface area (Å²) >= 11 is 3.65. The SMILES string of the molecule is CC(Br)CC1CCCCN1C(=O)CC1CCCCC1. The molecule has 0 bridgehead atoms. The lowest BCUT2D eigenvalue weighted by Gasteiger charge is -2.37. The Bertz CT molecular complexity index is 286. The maximum absolute atomic E-state index is 12.6. The van der Waals surface area contributed by atoms with E-state index in [9.17, 15) is 4.79 Å². The normalized spacial score (nSPS) is 27.3. The molecule has 1 saturated heterocycles. The van der Waals surface area contributed by atoms with Crippen LogP contribution in [-0.2, 0) is 4.79 Å². The first-order chi connectivity index (χ1) is 9.16. The van der Waals surface area contributed by atoms with Crippen LogP contribution in [-0.4, -0.2) is 28.2 Å². The summed E-state index contributed by atoms with van der Waals surface area (Å²) < 4.78 is 0. The van der Waals surface area contributed by atoms with Gasteiger partial charge in [0.1, 0.15) is 0 Å². The minimum absolute atomic E-state index is 0.435. The van der Waals surface area contributed by atoms with E-state index in [2.05, 4.69) is 27.8 Å². The quantitative estimate of drug-likeness (QED) is 0.695. The number of carbonyl (C=O) groups is 1. The summed E-state index contributed by atoms with van der Waals surface area (Å²) in [6.07, 6.45) is 12.2. The number of halogens is 1. The lowest BCUT2D eigenvalue weighted by Crippen LogP contribution is -2.45. The molecule has 1 heterocycles. The number of rotatable bonds is 4. The van der Waals surface area contributed by atoms with Crippen molar-refractivity contribution in [3.63, 3.8) is 0 Å². The van der Waals surface area contributed by atoms with Crippen LogP contribution in [0.3, 0.4) is 0 Å². The fourth-order valence-electron chi connectivity index (χ4n) is 3.70. The standard InChI is InChI=1S/C16H28BrNO/c1-13(17)11-15-9-5-6-10-18(15)16(19)12-14-7-3-2-4-8-14/h13-15H,2-12H2,1H3. The first-order valence-corrected chi connectivity index (χ1v) is 9.02. The third-order valence-electron chi connectivity index (χ3n) is 4.73. The Labute approximate surface area is 126 Å². The smallest absolute Gasteiger partial charge is 0.223 e. The van der Waals surface area contributed by atoms with Crippen molar-refractivity contribution in [3.05, 3.63) is 0 Å². The van der Waals surface area contributed by atoms with Crippen LogP contribution in [0, 0.1) is 5.92 Å². The molecule has 0 aromatic rings. The predicted octanol–water partition coefficient (Wildman–Crippen LogP) is 4.51. The Morgan fingerprint density at radius 2 is 1.84 bits per heavy atom. The highest BCUT2D eigenvalue weighted by Crippen LogP contribution is 2.29. The molecule has 0 aromatic heterocycles. The molecule has 0 aromatic carbocycles. The van der Waals surface area contributed by atoms with Crippen LogP contribution in [0.2, 0.25) is 0 Å². The second-order valence-electron chi connectivity index (χ2n) is 6.46. The monoisotopic (exact) mass is 329 g/mol. The molecule has 19 heavy (non-hydrogen) atoms. The van der Waals surface area contributed by atoms with Gasteiger partial charge in [-0.15, -0.1) is 0 Å². The summed E-state index contributed by atoms with van der Waals surface area (Å²) in [5.74, 6) is 1.11. The van der Waals surface area contributed by atoms with Crippen LogP contribution in [0.25, 0.3) is 0 Å². The van der Waals surface area contributed by atoms with Crippen molar-refractivity contribution in [1.29, 1.82) is 0 Å². The topological polar surface area (TPSA) is 20.3 Å². The van der Waals surface area contributed by atoms with Crippen molar-refractivity contribution >= 4 is 21.8 Å². The van der Waals surface area contributed by atoms with Crippen LogP contribution in [0.4, 0.5) is 0 Å². The first-order valence-electron chi connectivity index (χ1n) is 8.10. The molecule has 2 atom stereocenters. The zero-order valence-electron chi connectivity index (χ0n) is 12.2. The Morgan fingerprint density at radius 3 is 2.53 bits per heavy atom. The maximum Gasteiger partial charge on any atom is 0.223 e. The number of alkyl halides is 1. The molecule has 0 radical (unpaired) electrons. The predicted molar refractivity (Wildman–Crippen MR) is 83.6 cm³/mol. The fourth-order valence-corrected chi connectivity index (χ4v) is 4.14. The highest BCUT2D eigenvalue weighted by atomic mass is 79.9. The maximum atomic E-state index is 12.6. The molecule has 3 heteroatoms. The highest BCUT2D eigenvalue weighted by molar-refractivity contribution is 9.09. The molecule has 110 valence electrons. The summed E-state index contributed by atoms with van der Waals surface area (Å²) in [5.41, 5.74) is 0. The van der Waals surface area contributed by atoms with Crippen molar-refractivity contribution < 1.29 is 4.79 Å². The van der Waals surface area contributed by atoms with Gasteiger partial charge in [0.25, 0.3) is 0 Å². The number of hydrogen-bond acceptors (Lipinski definition) is 1. The van der Waals surface area contributed by atoms with E-state index in [0.717, 1.165) is 19.4 Å². The van der Waals surface area contributed by atoms with Crippen molar-refractivity contribution in [1.82, 2.24) is 4.90 Å². The number of nitrogens with zero attached hydrogens (tertiary/aromatic N) is 1. The van der Waals surface area contributed by atoms with Gasteiger partial charge < -0.3 is 4.90 Å². The number of amides is 1. The van der Waals surface area contributed by atoms with Gasteiger partial charge in [0.2, 0.25) is 5.91 Å². The molecule has 0 spiro atoms. The van der Waals surface area contributed by atoms with Gasteiger partial charge >= 0.3 is 0 Å². The molecule has 2 fully saturated rings. The fraction of sp³-hybridized carbons (Fsp3) is 0.938. The van der Waals surface area contributed by atoms with Crippen molar-refractivity contribution in [2.45, 2.75) is 82.0 Å². The van der Waals surface area contributed by atoms with Gasteiger partial charge in [-0.25, -0.2) is 0 Å². The Hall–Kier alpha value is -0.0500. The Morgan fingerprint density at radius 1 is 1.16 bits per heavy atom. The van der Waals surface area contributed by atoms with Crippen LogP contribution in [0.1, 0.15) is 71.1 Å². The molecule has 2 unspecified atom stereocenters. The zero-order chi connectivity index (χ0) is 13.7. The third kappa shape index (κ3) is 4.77. The van der Waals surface area contributed by atoms with Crippen LogP contribution in [0.15, 0.2) is 0 Å². The van der Waals surface area contributed by atoms with Gasteiger partial charge in [-0.2, -0.15) is 0 Å². The van der Waals surface area contributed by atoms with Crippen molar-refractivity contribution in [2.24, 2.45) is 5.92 Å². The van der Waals surface area contributed by atoms with Crippen LogP contribution >= 0.6 is 15.9 Å². The second kappa shape index (κ2) is 7.66. The van der Waals surface area contributed by atoms with Gasteiger partial charge in [0.15, 0.2) is 0 Å². The van der Waals surface area contributed by atoms with Crippen molar-refractivity contribution in [2.75, 3.05) is 6.54 Å². The molecule has 0 N–H and O–H groups in total. The second-order valence-corrected chi connectivity index (χ2v) is 8.02. The minimum atomic E-state index is 0.435. The summed E-state index contributed by atoms with van der Waals surface area (Å²) in [6.45, 7) is 3.19. The minimum Gasteiger partial charge on any atom is -0.340 e. The largest absolute Gasteiger partial charge is 0.340 e. The van der Waals surface area contributed by atoms with Gasteiger partial charge in [0, 0.05) is 23.8 Å². The number of likely N-dealkylation sites (tertiary alicyclic amines) is 1. The molecular weight excluding hydrogens is 302 g/mol. The lowest BCUT2D eigenvalue weighted by molar-refractivity contribution is -0.136. The Balaban J connectivity index is 1.87. The van der Waals surface area contributed by atoms with E-state index in [4.69, 9.17) is 0 Å². The average Bonchev–Trinajstić information content (AvgIpc) is 2.39. The van der Waals surface area contributed by atoms with Gasteiger partial charge in [0.05, 0.1) is 0 Å². The molecule has 1 aliphatic carbocycles. The summed E-state index contributed by atoms with van der Waals surface area (Å²) in [6, 6.07) is 0.485. The van der Waals surface area contributed by atoms with E-state index in [0.29, 0.717) is 22.7 Å². The van der Waals surface area contributed by atoms with E-state index in [1.807, 2.05) is 0 Å². The highest BCUT2D eigenvalue weighted by Gasteiger charge is 2.29. The van der Waals surface area contributed by atoms with Gasteiger partial charge in [-0.3, -0.25) is 4.79 Å². The van der Waals surface area contributed by atoms with E-state index < -0.39 is 0 Å². The van der Waals surface area contributed by atoms with Crippen LogP contribution in [0.5, 0.6) is 0 Å². The molecule has 1 amide bonds. The number of hydrogen-bond donors (Lipinski definition) is 0. The van der Waals surface area contributed by atoms with Gasteiger partial charge in [-0.1, -0.05) is 42.1 Å². The zero-order valence-corrected chi connectivity index (χ0v) is 13.8. The van der Waals surface area contributed by atoms with Gasteiger partial charge in [-0.05, 0) is 44.4 Å². The summed E-state index contributed by atoms with van der Waals surface area (Å²) in [5, 5.41) is 0. The third-order valence-corrected chi connectivity index (χ3v) is 5.11. The molecule has 2 rings (SSSR count). The van der Waals surface area contributed by atoms with Crippen LogP contribution < -0.4 is 0 Å². The molecular formula is C16H28BrNO. The molecule has 1 aliphatic heterocycles. The number of carbonyl (C=O) groups excluding carboxylic acids is 1. The van der Waals surface area contributed by atoms with E-state index in [1.165, 1.54) is 51.4 Å². The van der Waals surface area contributed by atoms with E-state index in [1.54, 1.807) is 0 Å². The summed E-state index contributed by atoms with van der Waals surface area (Å²) in [4.78, 5) is 15.3. The Kier molecular flexibility index (Phi) is 6.18. The summed E-state index contributed by atoms with van der Waals surface area (Å²) in [7, 11) is 0.